The van der Waals surface area contributed by atoms with Crippen molar-refractivity contribution in [1.82, 2.24) is 0 Å². The molecule has 0 rings (SSSR count). The average Bonchev–Trinajstić information content (AvgIpc) is 2.66. The number of rotatable bonds is 15. The van der Waals surface area contributed by atoms with E-state index in [9.17, 15) is 9.13 Å². The van der Waals surface area contributed by atoms with Gasteiger partial charge >= 0.3 is 15.6 Å². The Morgan fingerprint density at radius 1 is 0.741 bits per heavy atom. The Morgan fingerprint density at radius 3 is 1.26 bits per heavy atom. The van der Waals surface area contributed by atoms with E-state index in [1.807, 2.05) is 27.7 Å². The first-order valence-corrected chi connectivity index (χ1v) is 12.0. The third-order valence-corrected chi connectivity index (χ3v) is 5.93. The fourth-order valence-corrected chi connectivity index (χ4v) is 4.72. The predicted molar refractivity (Wildman–Crippen MR) is 103 cm³/mol. The number of phosphoric ester groups is 2. The van der Waals surface area contributed by atoms with Crippen molar-refractivity contribution < 1.29 is 41.7 Å². The van der Waals surface area contributed by atoms with Crippen molar-refractivity contribution in [2.45, 2.75) is 59.8 Å². The van der Waals surface area contributed by atoms with E-state index in [2.05, 4.69) is 5.92 Å². The molecule has 0 aliphatic carbocycles. The molecule has 2 N–H and O–H groups in total. The average molecular weight is 432 g/mol. The van der Waals surface area contributed by atoms with Gasteiger partial charge < -0.3 is 10.2 Å². The summed E-state index contributed by atoms with van der Waals surface area (Å²) in [6, 6.07) is 0. The van der Waals surface area contributed by atoms with Gasteiger partial charge in [0.25, 0.3) is 0 Å². The molecule has 27 heavy (non-hydrogen) atoms. The van der Waals surface area contributed by atoms with Gasteiger partial charge in [0.05, 0.1) is 33.0 Å². The Balaban J connectivity index is 0. The fraction of sp³-hybridized carbons (Fsp3) is 0.875. The maximum atomic E-state index is 12.5. The molecule has 0 fully saturated rings. The van der Waals surface area contributed by atoms with Gasteiger partial charge in [-0.1, -0.05) is 33.6 Å². The molecule has 0 aromatic heterocycles. The molecule has 0 atom stereocenters. The Hall–Kier alpha value is -0.420. The highest BCUT2D eigenvalue weighted by molar-refractivity contribution is 7.62. The second-order valence-electron chi connectivity index (χ2n) is 5.07. The minimum absolute atomic E-state index is 0.0214. The zero-order valence-corrected chi connectivity index (χ0v) is 18.5. The van der Waals surface area contributed by atoms with E-state index >= 15 is 0 Å². The molecule has 0 aromatic carbocycles. The van der Waals surface area contributed by atoms with Crippen molar-refractivity contribution in [3.05, 3.63) is 0 Å². The topological polar surface area (TPSA) is 121 Å². The molecule has 9 nitrogen and oxygen atoms in total. The molecule has 0 radical (unpaired) electrons. The molecular weight excluding hydrogens is 398 g/mol. The summed E-state index contributed by atoms with van der Waals surface area (Å²) >= 11 is 0. The summed E-state index contributed by atoms with van der Waals surface area (Å²) in [4.78, 5) is 0. The van der Waals surface area contributed by atoms with Crippen LogP contribution < -0.4 is 0 Å². The second-order valence-corrected chi connectivity index (χ2v) is 8.55. The summed E-state index contributed by atoms with van der Waals surface area (Å²) in [7, 11) is -7.93. The van der Waals surface area contributed by atoms with Crippen molar-refractivity contribution in [2.75, 3.05) is 33.0 Å². The highest BCUT2D eigenvalue weighted by atomic mass is 31.3. The number of hydrogen-bond acceptors (Lipinski definition) is 9. The van der Waals surface area contributed by atoms with E-state index in [1.54, 1.807) is 6.11 Å². The zero-order valence-electron chi connectivity index (χ0n) is 16.7. The molecule has 162 valence electrons. The molecule has 0 unspecified atom stereocenters. The Bertz CT molecular complexity index is 432. The van der Waals surface area contributed by atoms with Crippen LogP contribution in [-0.2, 0) is 31.5 Å². The zero-order chi connectivity index (χ0) is 21.0. The van der Waals surface area contributed by atoms with E-state index in [1.165, 1.54) is 0 Å². The maximum Gasteiger partial charge on any atom is 0.483 e. The molecule has 0 heterocycles. The van der Waals surface area contributed by atoms with Crippen LogP contribution in [0.15, 0.2) is 0 Å². The number of phosphoric acid groups is 2. The first kappa shape index (κ1) is 28.8. The van der Waals surface area contributed by atoms with Crippen LogP contribution in [0.25, 0.3) is 0 Å². The minimum atomic E-state index is -3.97. The lowest BCUT2D eigenvalue weighted by Gasteiger charge is -2.22. The first-order chi connectivity index (χ1) is 12.9. The smallest absolute Gasteiger partial charge is 0.462 e. The van der Waals surface area contributed by atoms with Gasteiger partial charge in [-0.15, -0.1) is 0 Å². The summed E-state index contributed by atoms with van der Waals surface area (Å²) in [5.74, 6) is 2.25. The van der Waals surface area contributed by atoms with E-state index in [0.29, 0.717) is 32.1 Å². The highest BCUT2D eigenvalue weighted by Gasteiger charge is 2.40. The normalized spacial score (nSPS) is 11.3. The molecule has 11 heteroatoms. The SMILES string of the molecule is CCCOP(=O)(OCCC)OP(=O)(OCCC)OCCC.OC#CCCO. The molecule has 0 saturated carbocycles. The summed E-state index contributed by atoms with van der Waals surface area (Å²) in [5.41, 5.74) is 0. The molecule has 0 aliphatic heterocycles. The van der Waals surface area contributed by atoms with Gasteiger partial charge in [0.15, 0.2) is 0 Å². The van der Waals surface area contributed by atoms with Gasteiger partial charge in [-0.25, -0.2) is 9.13 Å². The van der Waals surface area contributed by atoms with Crippen LogP contribution in [0.2, 0.25) is 0 Å². The van der Waals surface area contributed by atoms with Gasteiger partial charge in [-0.3, -0.25) is 18.1 Å². The highest BCUT2D eigenvalue weighted by Crippen LogP contribution is 2.66. The van der Waals surface area contributed by atoms with Crippen LogP contribution in [0.3, 0.4) is 0 Å². The van der Waals surface area contributed by atoms with Gasteiger partial charge in [-0.2, -0.15) is 4.31 Å². The Kier molecular flexibility index (Phi) is 20.2. The number of aliphatic hydroxyl groups is 2. The van der Waals surface area contributed by atoms with E-state index in [-0.39, 0.29) is 33.0 Å². The van der Waals surface area contributed by atoms with Crippen LogP contribution in [0.5, 0.6) is 0 Å². The van der Waals surface area contributed by atoms with E-state index in [4.69, 9.17) is 32.6 Å². The number of hydrogen-bond donors (Lipinski definition) is 2. The standard InChI is InChI=1S/C12H28O7P2.C4H6O2/c1-5-9-15-20(13,16-10-6-2)19-21(14,17-11-7-3)18-12-8-4;5-3-1-2-4-6/h5-12H2,1-4H3;5-6H,1,3H2. The van der Waals surface area contributed by atoms with Gasteiger partial charge in [0.2, 0.25) is 0 Å². The van der Waals surface area contributed by atoms with Crippen molar-refractivity contribution in [3.8, 4) is 12.0 Å². The third-order valence-electron chi connectivity index (χ3n) is 2.33. The van der Waals surface area contributed by atoms with Gasteiger partial charge in [0, 0.05) is 6.42 Å². The van der Waals surface area contributed by atoms with Crippen LogP contribution in [0.1, 0.15) is 59.8 Å². The lowest BCUT2D eigenvalue weighted by molar-refractivity contribution is 0.109. The molecule has 0 saturated heterocycles. The first-order valence-electron chi connectivity index (χ1n) is 9.09. The van der Waals surface area contributed by atoms with Crippen LogP contribution in [-0.4, -0.2) is 43.2 Å². The Morgan fingerprint density at radius 2 is 1.07 bits per heavy atom. The van der Waals surface area contributed by atoms with Crippen molar-refractivity contribution in [1.29, 1.82) is 0 Å². The summed E-state index contributed by atoms with van der Waals surface area (Å²) in [5, 5.41) is 15.7. The van der Waals surface area contributed by atoms with E-state index in [0.717, 1.165) is 0 Å². The fourth-order valence-electron chi connectivity index (χ4n) is 1.22. The monoisotopic (exact) mass is 432 g/mol. The van der Waals surface area contributed by atoms with Crippen LogP contribution in [0, 0.1) is 12.0 Å². The van der Waals surface area contributed by atoms with Crippen molar-refractivity contribution in [2.24, 2.45) is 0 Å². The second kappa shape index (κ2) is 18.9. The predicted octanol–water partition coefficient (Wildman–Crippen LogP) is 4.63. The van der Waals surface area contributed by atoms with E-state index < -0.39 is 15.6 Å². The largest absolute Gasteiger partial charge is 0.483 e. The minimum Gasteiger partial charge on any atom is -0.462 e. The summed E-state index contributed by atoms with van der Waals surface area (Å²) < 4.78 is 50.5. The molecular formula is C16H34O9P2. The molecule has 0 bridgehead atoms. The van der Waals surface area contributed by atoms with Gasteiger partial charge in [0.1, 0.15) is 6.11 Å². The summed E-state index contributed by atoms with van der Waals surface area (Å²) in [6.45, 7) is 8.11. The van der Waals surface area contributed by atoms with Crippen LogP contribution >= 0.6 is 15.6 Å². The van der Waals surface area contributed by atoms with Crippen molar-refractivity contribution >= 4 is 15.6 Å². The molecule has 0 aliphatic rings. The quantitative estimate of drug-likeness (QED) is 0.282. The lowest BCUT2D eigenvalue weighted by atomic mass is 10.5. The lowest BCUT2D eigenvalue weighted by Crippen LogP contribution is -2.06. The van der Waals surface area contributed by atoms with Crippen molar-refractivity contribution in [3.63, 3.8) is 0 Å². The molecule has 0 amide bonds. The maximum absolute atomic E-state index is 12.5. The van der Waals surface area contributed by atoms with Gasteiger partial charge in [-0.05, 0) is 25.7 Å². The third kappa shape index (κ3) is 17.4. The van der Waals surface area contributed by atoms with Crippen LogP contribution in [0.4, 0.5) is 0 Å². The number of aliphatic hydroxyl groups excluding tert-OH is 2. The summed E-state index contributed by atoms with van der Waals surface area (Å²) in [6.07, 6.45) is 4.51. The molecule has 0 aromatic rings. The Labute approximate surface area is 162 Å². The molecule has 0 spiro atoms.